The topological polar surface area (TPSA) is 35.5 Å². The summed E-state index contributed by atoms with van der Waals surface area (Å²) in [5.41, 5.74) is 1.97. The van der Waals surface area contributed by atoms with Gasteiger partial charge in [-0.2, -0.15) is 0 Å². The van der Waals surface area contributed by atoms with Crippen LogP contribution in [0.1, 0.15) is 18.1 Å². The van der Waals surface area contributed by atoms with Gasteiger partial charge in [0.15, 0.2) is 0 Å². The maximum absolute atomic E-state index is 12.9. The Bertz CT molecular complexity index is 771. The molecule has 0 atom stereocenters. The zero-order chi connectivity index (χ0) is 16.2. The van der Waals surface area contributed by atoms with Crippen molar-refractivity contribution in [3.8, 4) is 5.75 Å². The first-order chi connectivity index (χ1) is 11.2. The Morgan fingerprint density at radius 2 is 1.78 bits per heavy atom. The number of benzene rings is 2. The molecule has 0 saturated carbocycles. The van der Waals surface area contributed by atoms with E-state index in [-0.39, 0.29) is 5.82 Å². The minimum absolute atomic E-state index is 0.313. The summed E-state index contributed by atoms with van der Waals surface area (Å²) in [6.45, 7) is 2.52. The van der Waals surface area contributed by atoms with Gasteiger partial charge in [0.1, 0.15) is 17.3 Å². The predicted molar refractivity (Wildman–Crippen MR) is 86.1 cm³/mol. The highest BCUT2D eigenvalue weighted by molar-refractivity contribution is 6.05. The molecule has 116 valence electrons. The molecule has 0 aromatic heterocycles. The second-order valence-corrected chi connectivity index (χ2v) is 5.01. The van der Waals surface area contributed by atoms with Crippen molar-refractivity contribution in [2.75, 3.05) is 6.61 Å². The fourth-order valence-electron chi connectivity index (χ4n) is 2.25. The minimum Gasteiger partial charge on any atom is -0.494 e. The van der Waals surface area contributed by atoms with Gasteiger partial charge < -0.3 is 9.47 Å². The SMILES string of the molecule is CCOc1ccc(C2=CC(=Cc3ccc(F)cc3)C(=O)O2)cc1. The molecule has 0 radical (unpaired) electrons. The molecule has 1 heterocycles. The average Bonchev–Trinajstić information content (AvgIpc) is 2.92. The Labute approximate surface area is 133 Å². The van der Waals surface area contributed by atoms with Crippen LogP contribution in [0, 0.1) is 5.82 Å². The van der Waals surface area contributed by atoms with Crippen LogP contribution in [0.15, 0.2) is 60.2 Å². The molecule has 0 saturated heterocycles. The van der Waals surface area contributed by atoms with E-state index in [0.29, 0.717) is 17.9 Å². The maximum atomic E-state index is 12.9. The molecule has 3 nitrogen and oxygen atoms in total. The number of hydrogen-bond donors (Lipinski definition) is 0. The Morgan fingerprint density at radius 3 is 2.43 bits per heavy atom. The number of hydrogen-bond acceptors (Lipinski definition) is 3. The van der Waals surface area contributed by atoms with E-state index in [1.165, 1.54) is 12.1 Å². The first-order valence-corrected chi connectivity index (χ1v) is 7.30. The summed E-state index contributed by atoms with van der Waals surface area (Å²) in [5.74, 6) is 0.527. The van der Waals surface area contributed by atoms with Gasteiger partial charge in [-0.05, 0) is 61.0 Å². The highest BCUT2D eigenvalue weighted by atomic mass is 19.1. The second-order valence-electron chi connectivity index (χ2n) is 5.01. The molecule has 0 fully saturated rings. The quantitative estimate of drug-likeness (QED) is 0.627. The molecule has 0 N–H and O–H groups in total. The van der Waals surface area contributed by atoms with Gasteiger partial charge in [-0.15, -0.1) is 0 Å². The van der Waals surface area contributed by atoms with Crippen LogP contribution in [0.4, 0.5) is 4.39 Å². The molecule has 0 unspecified atom stereocenters. The number of cyclic esters (lactones) is 1. The minimum atomic E-state index is -0.418. The van der Waals surface area contributed by atoms with Gasteiger partial charge in [0.05, 0.1) is 12.2 Å². The number of carbonyl (C=O) groups is 1. The first kappa shape index (κ1) is 15.0. The summed E-state index contributed by atoms with van der Waals surface area (Å²) in [6.07, 6.45) is 3.35. The van der Waals surface area contributed by atoms with Crippen molar-refractivity contribution in [2.45, 2.75) is 6.92 Å². The van der Waals surface area contributed by atoms with Crippen molar-refractivity contribution >= 4 is 17.8 Å². The Kier molecular flexibility index (Phi) is 4.24. The van der Waals surface area contributed by atoms with Crippen molar-refractivity contribution in [1.29, 1.82) is 0 Å². The van der Waals surface area contributed by atoms with Gasteiger partial charge in [-0.3, -0.25) is 0 Å². The van der Waals surface area contributed by atoms with Gasteiger partial charge in [-0.1, -0.05) is 12.1 Å². The summed E-state index contributed by atoms with van der Waals surface area (Å²) in [6, 6.07) is 13.3. The lowest BCUT2D eigenvalue weighted by atomic mass is 10.1. The van der Waals surface area contributed by atoms with Crippen molar-refractivity contribution < 1.29 is 18.7 Å². The number of ether oxygens (including phenoxy) is 2. The standard InChI is InChI=1S/C19H15FO3/c1-2-22-17-9-5-14(6-10-17)18-12-15(19(21)23-18)11-13-3-7-16(20)8-4-13/h3-12H,2H2,1H3. The molecular weight excluding hydrogens is 295 g/mol. The molecule has 0 amide bonds. The van der Waals surface area contributed by atoms with Crippen LogP contribution in [0.3, 0.4) is 0 Å². The molecule has 2 aromatic rings. The lowest BCUT2D eigenvalue weighted by Crippen LogP contribution is -1.97. The summed E-state index contributed by atoms with van der Waals surface area (Å²) in [5, 5.41) is 0. The van der Waals surface area contributed by atoms with E-state index in [4.69, 9.17) is 9.47 Å². The monoisotopic (exact) mass is 310 g/mol. The second kappa shape index (κ2) is 6.48. The molecular formula is C19H15FO3. The van der Waals surface area contributed by atoms with Crippen LogP contribution >= 0.6 is 0 Å². The third kappa shape index (κ3) is 3.48. The van der Waals surface area contributed by atoms with Gasteiger partial charge in [0.25, 0.3) is 0 Å². The smallest absolute Gasteiger partial charge is 0.343 e. The summed E-state index contributed by atoms with van der Waals surface area (Å²) < 4.78 is 23.6. The number of halogens is 1. The van der Waals surface area contributed by atoms with E-state index in [1.54, 1.807) is 24.3 Å². The predicted octanol–water partition coefficient (Wildman–Crippen LogP) is 4.21. The normalized spacial score (nSPS) is 15.5. The zero-order valence-corrected chi connectivity index (χ0v) is 12.6. The van der Waals surface area contributed by atoms with E-state index in [1.807, 2.05) is 31.2 Å². The van der Waals surface area contributed by atoms with Gasteiger partial charge in [0.2, 0.25) is 0 Å². The van der Waals surface area contributed by atoms with Crippen molar-refractivity contribution in [3.63, 3.8) is 0 Å². The third-order valence-corrected chi connectivity index (χ3v) is 3.37. The van der Waals surface area contributed by atoms with Gasteiger partial charge >= 0.3 is 5.97 Å². The number of esters is 1. The third-order valence-electron chi connectivity index (χ3n) is 3.37. The Balaban J connectivity index is 1.84. The van der Waals surface area contributed by atoms with Crippen LogP contribution in [-0.4, -0.2) is 12.6 Å². The van der Waals surface area contributed by atoms with E-state index in [2.05, 4.69) is 0 Å². The van der Waals surface area contributed by atoms with E-state index in [0.717, 1.165) is 16.9 Å². The molecule has 0 aliphatic carbocycles. The Morgan fingerprint density at radius 1 is 1.09 bits per heavy atom. The lowest BCUT2D eigenvalue weighted by Gasteiger charge is -2.05. The summed E-state index contributed by atoms with van der Waals surface area (Å²) in [7, 11) is 0. The van der Waals surface area contributed by atoms with E-state index >= 15 is 0 Å². The molecule has 0 spiro atoms. The average molecular weight is 310 g/mol. The van der Waals surface area contributed by atoms with Gasteiger partial charge in [-0.25, -0.2) is 9.18 Å². The molecule has 2 aromatic carbocycles. The molecule has 1 aliphatic rings. The van der Waals surface area contributed by atoms with Crippen LogP contribution in [0.5, 0.6) is 5.75 Å². The van der Waals surface area contributed by atoms with Crippen molar-refractivity contribution in [3.05, 3.63) is 77.1 Å². The fraction of sp³-hybridized carbons (Fsp3) is 0.105. The molecule has 3 rings (SSSR count). The largest absolute Gasteiger partial charge is 0.494 e. The van der Waals surface area contributed by atoms with Crippen molar-refractivity contribution in [2.24, 2.45) is 0 Å². The highest BCUT2D eigenvalue weighted by Crippen LogP contribution is 2.28. The van der Waals surface area contributed by atoms with Crippen molar-refractivity contribution in [1.82, 2.24) is 0 Å². The zero-order valence-electron chi connectivity index (χ0n) is 12.6. The van der Waals surface area contributed by atoms with E-state index in [9.17, 15) is 9.18 Å². The number of carbonyl (C=O) groups excluding carboxylic acids is 1. The maximum Gasteiger partial charge on any atom is 0.343 e. The van der Waals surface area contributed by atoms with E-state index < -0.39 is 5.97 Å². The number of rotatable bonds is 4. The van der Waals surface area contributed by atoms with Crippen LogP contribution in [0.2, 0.25) is 0 Å². The highest BCUT2D eigenvalue weighted by Gasteiger charge is 2.21. The molecule has 0 bridgehead atoms. The lowest BCUT2D eigenvalue weighted by molar-refractivity contribution is -0.130. The fourth-order valence-corrected chi connectivity index (χ4v) is 2.25. The van der Waals surface area contributed by atoms with Crippen LogP contribution < -0.4 is 4.74 Å². The van der Waals surface area contributed by atoms with Crippen LogP contribution in [-0.2, 0) is 9.53 Å². The molecule has 23 heavy (non-hydrogen) atoms. The first-order valence-electron chi connectivity index (χ1n) is 7.30. The molecule has 4 heteroatoms. The molecule has 1 aliphatic heterocycles. The summed E-state index contributed by atoms with van der Waals surface area (Å²) in [4.78, 5) is 12.0. The van der Waals surface area contributed by atoms with Gasteiger partial charge in [0, 0.05) is 5.56 Å². The Hall–Kier alpha value is -2.88. The van der Waals surface area contributed by atoms with Crippen LogP contribution in [0.25, 0.3) is 11.8 Å². The summed E-state index contributed by atoms with van der Waals surface area (Å²) >= 11 is 0.